The topological polar surface area (TPSA) is 26.3 Å². The minimum absolute atomic E-state index is 0.0916. The highest BCUT2D eigenvalue weighted by molar-refractivity contribution is 5.66. The molecule has 1 spiro atoms. The number of ether oxygens (including phenoxy) is 1. The van der Waals surface area contributed by atoms with E-state index in [1.165, 1.54) is 25.7 Å². The summed E-state index contributed by atoms with van der Waals surface area (Å²) in [6.45, 7) is 11.4. The van der Waals surface area contributed by atoms with Crippen LogP contribution in [0.5, 0.6) is 0 Å². The summed E-state index contributed by atoms with van der Waals surface area (Å²) < 4.78 is 5.72. The third-order valence-electron chi connectivity index (χ3n) is 7.50. The summed E-state index contributed by atoms with van der Waals surface area (Å²) in [7, 11) is 0. The van der Waals surface area contributed by atoms with Crippen LogP contribution in [0.1, 0.15) is 66.7 Å². The van der Waals surface area contributed by atoms with E-state index >= 15 is 0 Å². The molecule has 4 atom stereocenters. The molecule has 0 aromatic heterocycles. The van der Waals surface area contributed by atoms with Gasteiger partial charge in [0.25, 0.3) is 0 Å². The van der Waals surface area contributed by atoms with Crippen LogP contribution in [-0.2, 0) is 9.53 Å². The molecule has 0 radical (unpaired) electrons. The Morgan fingerprint density at radius 2 is 1.74 bits per heavy atom. The molecule has 108 valence electrons. The van der Waals surface area contributed by atoms with E-state index in [0.29, 0.717) is 16.2 Å². The maximum absolute atomic E-state index is 11.4. The summed E-state index contributed by atoms with van der Waals surface area (Å²) in [4.78, 5) is 11.4. The Labute approximate surface area is 117 Å². The van der Waals surface area contributed by atoms with Crippen molar-refractivity contribution in [3.05, 3.63) is 0 Å². The zero-order valence-corrected chi connectivity index (χ0v) is 13.1. The molecule has 0 heterocycles. The lowest BCUT2D eigenvalue weighted by molar-refractivity contribution is -0.162. The Hall–Kier alpha value is -0.530. The van der Waals surface area contributed by atoms with Gasteiger partial charge in [-0.15, -0.1) is 0 Å². The van der Waals surface area contributed by atoms with Crippen LogP contribution >= 0.6 is 0 Å². The van der Waals surface area contributed by atoms with Crippen molar-refractivity contribution in [2.24, 2.45) is 28.1 Å². The molecule has 3 rings (SSSR count). The summed E-state index contributed by atoms with van der Waals surface area (Å²) in [5.74, 6) is 1.43. The molecule has 0 amide bonds. The van der Waals surface area contributed by atoms with Crippen LogP contribution in [0.3, 0.4) is 0 Å². The minimum Gasteiger partial charge on any atom is -0.462 e. The highest BCUT2D eigenvalue weighted by Gasteiger charge is 2.68. The van der Waals surface area contributed by atoms with Gasteiger partial charge in [-0.1, -0.05) is 27.7 Å². The molecule has 0 aromatic carbocycles. The van der Waals surface area contributed by atoms with Crippen LogP contribution < -0.4 is 0 Å². The average molecular weight is 264 g/mol. The molecule has 0 N–H and O–H groups in total. The van der Waals surface area contributed by atoms with E-state index in [2.05, 4.69) is 27.7 Å². The second kappa shape index (κ2) is 3.77. The van der Waals surface area contributed by atoms with Gasteiger partial charge >= 0.3 is 5.97 Å². The second-order valence-corrected chi connectivity index (χ2v) is 8.34. The SMILES string of the molecule is CC(=O)O[C@@H]1CC[C@@H]2C(C)(C)C(C)(C)C3CC[C@@]21C3. The highest BCUT2D eigenvalue weighted by atomic mass is 16.5. The van der Waals surface area contributed by atoms with Crippen molar-refractivity contribution in [3.63, 3.8) is 0 Å². The Morgan fingerprint density at radius 1 is 1.05 bits per heavy atom. The highest BCUT2D eigenvalue weighted by Crippen LogP contribution is 2.73. The summed E-state index contributed by atoms with van der Waals surface area (Å²) in [5.41, 5.74) is 1.06. The van der Waals surface area contributed by atoms with Crippen LogP contribution in [0.25, 0.3) is 0 Å². The Morgan fingerprint density at radius 3 is 2.37 bits per heavy atom. The summed E-state index contributed by atoms with van der Waals surface area (Å²) >= 11 is 0. The number of hydrogen-bond acceptors (Lipinski definition) is 2. The second-order valence-electron chi connectivity index (χ2n) is 8.34. The first-order chi connectivity index (χ1) is 8.72. The van der Waals surface area contributed by atoms with E-state index in [9.17, 15) is 4.79 Å². The smallest absolute Gasteiger partial charge is 0.302 e. The quantitative estimate of drug-likeness (QED) is 0.664. The predicted molar refractivity (Wildman–Crippen MR) is 75.6 cm³/mol. The van der Waals surface area contributed by atoms with Gasteiger partial charge in [0.15, 0.2) is 0 Å². The van der Waals surface area contributed by atoms with Crippen LogP contribution in [0, 0.1) is 28.1 Å². The third-order valence-corrected chi connectivity index (χ3v) is 7.50. The van der Waals surface area contributed by atoms with Gasteiger partial charge in [-0.25, -0.2) is 0 Å². The molecule has 0 aromatic rings. The fourth-order valence-corrected chi connectivity index (χ4v) is 5.88. The van der Waals surface area contributed by atoms with Gasteiger partial charge in [-0.2, -0.15) is 0 Å². The number of carbonyl (C=O) groups excluding carboxylic acids is 1. The van der Waals surface area contributed by atoms with Crippen LogP contribution in [0.4, 0.5) is 0 Å². The molecule has 0 saturated heterocycles. The van der Waals surface area contributed by atoms with Crippen LogP contribution in [0.2, 0.25) is 0 Å². The fraction of sp³-hybridized carbons (Fsp3) is 0.941. The normalized spacial score (nSPS) is 45.8. The average Bonchev–Trinajstić information content (AvgIpc) is 2.84. The lowest BCUT2D eigenvalue weighted by Gasteiger charge is -2.58. The van der Waals surface area contributed by atoms with Crippen LogP contribution in [-0.4, -0.2) is 12.1 Å². The zero-order valence-electron chi connectivity index (χ0n) is 13.1. The fourth-order valence-electron chi connectivity index (χ4n) is 5.88. The Balaban J connectivity index is 1.99. The molecule has 19 heavy (non-hydrogen) atoms. The number of carbonyl (C=O) groups is 1. The van der Waals surface area contributed by atoms with Gasteiger partial charge in [0, 0.05) is 12.3 Å². The van der Waals surface area contributed by atoms with Crippen molar-refractivity contribution in [2.45, 2.75) is 72.8 Å². The van der Waals surface area contributed by atoms with E-state index in [1.807, 2.05) is 0 Å². The van der Waals surface area contributed by atoms with Gasteiger partial charge in [0.05, 0.1) is 0 Å². The molecular weight excluding hydrogens is 236 g/mol. The van der Waals surface area contributed by atoms with E-state index < -0.39 is 0 Å². The van der Waals surface area contributed by atoms with Crippen molar-refractivity contribution in [1.82, 2.24) is 0 Å². The molecule has 3 fully saturated rings. The first-order valence-electron chi connectivity index (χ1n) is 7.89. The van der Waals surface area contributed by atoms with E-state index in [-0.39, 0.29) is 12.1 Å². The van der Waals surface area contributed by atoms with Gasteiger partial charge in [0.1, 0.15) is 6.10 Å². The standard InChI is InChI=1S/C17H28O2/c1-11(18)19-14-7-6-13-16(4,5)15(2,3)12-8-9-17(13,14)10-12/h12-14H,6-10H2,1-5H3/t12?,13-,14-,17-/m1/s1. The largest absolute Gasteiger partial charge is 0.462 e. The van der Waals surface area contributed by atoms with Crippen molar-refractivity contribution >= 4 is 5.97 Å². The zero-order chi connectivity index (χ0) is 14.1. The number of esters is 1. The van der Waals surface area contributed by atoms with Gasteiger partial charge < -0.3 is 4.74 Å². The summed E-state index contributed by atoms with van der Waals surface area (Å²) in [6, 6.07) is 0. The molecule has 0 aliphatic heterocycles. The van der Waals surface area contributed by atoms with E-state index in [0.717, 1.165) is 18.3 Å². The van der Waals surface area contributed by atoms with Gasteiger partial charge in [-0.3, -0.25) is 4.79 Å². The maximum Gasteiger partial charge on any atom is 0.302 e. The van der Waals surface area contributed by atoms with E-state index in [1.54, 1.807) is 6.92 Å². The molecular formula is C17H28O2. The van der Waals surface area contributed by atoms with Crippen molar-refractivity contribution in [2.75, 3.05) is 0 Å². The third kappa shape index (κ3) is 1.52. The molecule has 3 aliphatic carbocycles. The van der Waals surface area contributed by atoms with Crippen molar-refractivity contribution in [3.8, 4) is 0 Å². The summed E-state index contributed by atoms with van der Waals surface area (Å²) in [5, 5.41) is 0. The lowest BCUT2D eigenvalue weighted by Crippen LogP contribution is -2.53. The molecule has 3 saturated carbocycles. The molecule has 2 bridgehead atoms. The Kier molecular flexibility index (Phi) is 2.67. The first kappa shape index (κ1) is 13.5. The van der Waals surface area contributed by atoms with E-state index in [4.69, 9.17) is 4.74 Å². The molecule has 2 heteroatoms. The molecule has 1 unspecified atom stereocenters. The lowest BCUT2D eigenvalue weighted by atomic mass is 9.47. The van der Waals surface area contributed by atoms with Gasteiger partial charge in [0.2, 0.25) is 0 Å². The summed E-state index contributed by atoms with van der Waals surface area (Å²) in [6.07, 6.45) is 6.39. The predicted octanol–water partition coefficient (Wildman–Crippen LogP) is 4.18. The van der Waals surface area contributed by atoms with Gasteiger partial charge in [-0.05, 0) is 54.8 Å². The van der Waals surface area contributed by atoms with Crippen molar-refractivity contribution < 1.29 is 9.53 Å². The maximum atomic E-state index is 11.4. The number of fused-ring (bicyclic) bond motifs is 1. The number of rotatable bonds is 1. The van der Waals surface area contributed by atoms with Crippen molar-refractivity contribution in [1.29, 1.82) is 0 Å². The van der Waals surface area contributed by atoms with Crippen LogP contribution in [0.15, 0.2) is 0 Å². The minimum atomic E-state index is -0.0916. The molecule has 3 aliphatic rings. The molecule has 2 nitrogen and oxygen atoms in total. The first-order valence-corrected chi connectivity index (χ1v) is 7.89. The number of hydrogen-bond donors (Lipinski definition) is 0. The Bertz CT molecular complexity index is 409. The monoisotopic (exact) mass is 264 g/mol.